The normalized spacial score (nSPS) is 13.0. The molecule has 0 bridgehead atoms. The maximum Gasteiger partial charge on any atom is 0.414 e. The van der Waals surface area contributed by atoms with E-state index in [1.807, 2.05) is 18.2 Å². The number of carbonyl (C=O) groups excluding carboxylic acids is 3. The van der Waals surface area contributed by atoms with Crippen LogP contribution in [0.5, 0.6) is 0 Å². The largest absolute Gasteiger partial charge is 0.450 e. The van der Waals surface area contributed by atoms with E-state index in [0.29, 0.717) is 30.2 Å². The van der Waals surface area contributed by atoms with Gasteiger partial charge in [-0.25, -0.2) is 13.2 Å². The van der Waals surface area contributed by atoms with Crippen molar-refractivity contribution in [2.75, 3.05) is 29.8 Å². The molecule has 4 aromatic rings. The van der Waals surface area contributed by atoms with Crippen molar-refractivity contribution < 1.29 is 27.5 Å². The van der Waals surface area contributed by atoms with E-state index in [2.05, 4.69) is 27.7 Å². The van der Waals surface area contributed by atoms with Crippen LogP contribution in [-0.2, 0) is 34.3 Å². The number of anilines is 2. The topological polar surface area (TPSA) is 125 Å². The summed E-state index contributed by atoms with van der Waals surface area (Å²) in [5.74, 6) is -1.17. The standard InChI is InChI=1S/C32H32N4O6S2/c1-3-42-32(39)34-30(38)28-26-18-19-36(20-22-10-6-4-7-11-22)21-27(26)43-31(28)33-29(37)23-14-16-25(17-15-23)44(40,41)35(2)24-12-8-5-9-13-24/h4-17H,3,18-21H2,1-2H3,(H,33,37)(H,34,38,39). The minimum absolute atomic E-state index is 0.0278. The highest BCUT2D eigenvalue weighted by molar-refractivity contribution is 7.92. The Morgan fingerprint density at radius 2 is 1.59 bits per heavy atom. The molecule has 2 N–H and O–H groups in total. The fourth-order valence-electron chi connectivity index (χ4n) is 4.97. The highest BCUT2D eigenvalue weighted by Crippen LogP contribution is 2.38. The van der Waals surface area contributed by atoms with Crippen molar-refractivity contribution in [3.8, 4) is 0 Å². The van der Waals surface area contributed by atoms with Crippen LogP contribution in [0.15, 0.2) is 89.8 Å². The third-order valence-electron chi connectivity index (χ3n) is 7.22. The third-order valence-corrected chi connectivity index (χ3v) is 10.2. The number of alkyl carbamates (subject to hydrolysis) is 1. The summed E-state index contributed by atoms with van der Waals surface area (Å²) in [6, 6.07) is 24.3. The van der Waals surface area contributed by atoms with E-state index in [9.17, 15) is 22.8 Å². The zero-order chi connectivity index (χ0) is 31.3. The van der Waals surface area contributed by atoms with Crippen molar-refractivity contribution in [1.29, 1.82) is 0 Å². The molecule has 3 aromatic carbocycles. The molecule has 0 spiro atoms. The zero-order valence-electron chi connectivity index (χ0n) is 24.3. The highest BCUT2D eigenvalue weighted by atomic mass is 32.2. The Balaban J connectivity index is 1.37. The lowest BCUT2D eigenvalue weighted by molar-refractivity contribution is 0.0924. The number of amides is 3. The van der Waals surface area contributed by atoms with Crippen LogP contribution in [0.4, 0.5) is 15.5 Å². The molecule has 5 rings (SSSR count). The molecule has 10 nitrogen and oxygen atoms in total. The summed E-state index contributed by atoms with van der Waals surface area (Å²) < 4.78 is 32.4. The molecule has 12 heteroatoms. The molecule has 1 aliphatic rings. The number of carbonyl (C=O) groups is 3. The molecule has 0 saturated carbocycles. The monoisotopic (exact) mass is 632 g/mol. The van der Waals surface area contributed by atoms with Crippen LogP contribution in [0.25, 0.3) is 0 Å². The minimum atomic E-state index is -3.86. The highest BCUT2D eigenvalue weighted by Gasteiger charge is 2.30. The van der Waals surface area contributed by atoms with Gasteiger partial charge in [0.25, 0.3) is 21.8 Å². The van der Waals surface area contributed by atoms with E-state index in [0.717, 1.165) is 17.0 Å². The molecule has 1 aromatic heterocycles. The van der Waals surface area contributed by atoms with Gasteiger partial charge in [0.05, 0.1) is 22.8 Å². The fourth-order valence-corrected chi connectivity index (χ4v) is 7.45. The first kappa shape index (κ1) is 30.9. The molecule has 0 radical (unpaired) electrons. The number of thiophene rings is 1. The molecule has 1 aliphatic heterocycles. The van der Waals surface area contributed by atoms with Gasteiger partial charge >= 0.3 is 6.09 Å². The maximum absolute atomic E-state index is 13.4. The minimum Gasteiger partial charge on any atom is -0.450 e. The Morgan fingerprint density at radius 1 is 0.932 bits per heavy atom. The van der Waals surface area contributed by atoms with Crippen LogP contribution in [0.3, 0.4) is 0 Å². The van der Waals surface area contributed by atoms with Crippen molar-refractivity contribution in [3.05, 3.63) is 112 Å². The Bertz CT molecular complexity index is 1760. The fraction of sp³-hybridized carbons (Fsp3) is 0.219. The molecule has 3 amide bonds. The Hall–Kier alpha value is -4.52. The van der Waals surface area contributed by atoms with Crippen LogP contribution in [0.1, 0.15) is 43.6 Å². The summed E-state index contributed by atoms with van der Waals surface area (Å²) in [6.45, 7) is 3.75. The molecule has 0 atom stereocenters. The Morgan fingerprint density at radius 3 is 2.25 bits per heavy atom. The van der Waals surface area contributed by atoms with Gasteiger partial charge < -0.3 is 10.1 Å². The molecule has 228 valence electrons. The predicted molar refractivity (Wildman–Crippen MR) is 169 cm³/mol. The van der Waals surface area contributed by atoms with Crippen LogP contribution in [-0.4, -0.2) is 51.4 Å². The van der Waals surface area contributed by atoms with E-state index in [1.165, 1.54) is 52.5 Å². The van der Waals surface area contributed by atoms with Gasteiger partial charge in [0.2, 0.25) is 0 Å². The number of ether oxygens (including phenoxy) is 1. The lowest BCUT2D eigenvalue weighted by Crippen LogP contribution is -2.34. The van der Waals surface area contributed by atoms with E-state index < -0.39 is 27.9 Å². The number of hydrogen-bond acceptors (Lipinski definition) is 8. The SMILES string of the molecule is CCOC(=O)NC(=O)c1c(NC(=O)c2ccc(S(=O)(=O)N(C)c3ccccc3)cc2)sc2c1CCN(Cc1ccccc1)C2. The van der Waals surface area contributed by atoms with Crippen LogP contribution >= 0.6 is 11.3 Å². The average molecular weight is 633 g/mol. The van der Waals surface area contributed by atoms with Crippen molar-refractivity contribution >= 4 is 50.0 Å². The van der Waals surface area contributed by atoms with E-state index in [4.69, 9.17) is 4.74 Å². The first-order valence-corrected chi connectivity index (χ1v) is 16.3. The summed E-state index contributed by atoms with van der Waals surface area (Å²) in [6.07, 6.45) is -0.310. The van der Waals surface area contributed by atoms with E-state index >= 15 is 0 Å². The number of imide groups is 1. The third kappa shape index (κ3) is 6.83. The number of nitrogens with zero attached hydrogens (tertiary/aromatic N) is 2. The molecule has 2 heterocycles. The molecule has 0 saturated heterocycles. The summed E-state index contributed by atoms with van der Waals surface area (Å²) in [4.78, 5) is 41.9. The maximum atomic E-state index is 13.4. The van der Waals surface area contributed by atoms with Crippen molar-refractivity contribution in [3.63, 3.8) is 0 Å². The van der Waals surface area contributed by atoms with Gasteiger partial charge in [-0.2, -0.15) is 0 Å². The summed E-state index contributed by atoms with van der Waals surface area (Å²) in [7, 11) is -2.39. The molecule has 0 unspecified atom stereocenters. The van der Waals surface area contributed by atoms with E-state index in [1.54, 1.807) is 37.3 Å². The van der Waals surface area contributed by atoms with Gasteiger partial charge in [-0.1, -0.05) is 48.5 Å². The molecular formula is C32H32N4O6S2. The van der Waals surface area contributed by atoms with Crippen molar-refractivity contribution in [1.82, 2.24) is 10.2 Å². The van der Waals surface area contributed by atoms with Gasteiger partial charge in [0.15, 0.2) is 0 Å². The smallest absolute Gasteiger partial charge is 0.414 e. The number of nitrogens with one attached hydrogen (secondary N) is 2. The van der Waals surface area contributed by atoms with Crippen LogP contribution < -0.4 is 14.9 Å². The van der Waals surface area contributed by atoms with Crippen LogP contribution in [0, 0.1) is 0 Å². The summed E-state index contributed by atoms with van der Waals surface area (Å²) in [5.41, 5.74) is 2.89. The number of fused-ring (bicyclic) bond motifs is 1. The van der Waals surface area contributed by atoms with Crippen LogP contribution in [0.2, 0.25) is 0 Å². The molecule has 0 aliphatic carbocycles. The van der Waals surface area contributed by atoms with Gasteiger partial charge in [0.1, 0.15) is 5.00 Å². The van der Waals surface area contributed by atoms with Gasteiger partial charge in [-0.15, -0.1) is 11.3 Å². The second kappa shape index (κ2) is 13.4. The Kier molecular flexibility index (Phi) is 9.43. The zero-order valence-corrected chi connectivity index (χ0v) is 25.9. The number of rotatable bonds is 9. The average Bonchev–Trinajstić information content (AvgIpc) is 3.38. The lowest BCUT2D eigenvalue weighted by Gasteiger charge is -2.27. The summed E-state index contributed by atoms with van der Waals surface area (Å²) in [5, 5.41) is 5.40. The second-order valence-corrected chi connectivity index (χ2v) is 13.2. The lowest BCUT2D eigenvalue weighted by atomic mass is 10.0. The van der Waals surface area contributed by atoms with Crippen molar-refractivity contribution in [2.24, 2.45) is 0 Å². The first-order chi connectivity index (χ1) is 21.2. The molecule has 44 heavy (non-hydrogen) atoms. The number of hydrogen-bond donors (Lipinski definition) is 2. The van der Waals surface area contributed by atoms with E-state index in [-0.39, 0.29) is 22.6 Å². The van der Waals surface area contributed by atoms with Gasteiger partial charge in [-0.3, -0.25) is 24.1 Å². The predicted octanol–water partition coefficient (Wildman–Crippen LogP) is 5.27. The number of sulfonamides is 1. The first-order valence-electron chi connectivity index (χ1n) is 14.0. The molecule has 0 fully saturated rings. The van der Waals surface area contributed by atoms with Gasteiger partial charge in [-0.05, 0) is 60.9 Å². The van der Waals surface area contributed by atoms with Crippen molar-refractivity contribution in [2.45, 2.75) is 31.3 Å². The second-order valence-electron chi connectivity index (χ2n) is 10.1. The summed E-state index contributed by atoms with van der Waals surface area (Å²) >= 11 is 1.29. The quantitative estimate of drug-likeness (QED) is 0.258. The number of para-hydroxylation sites is 1. The molecular weight excluding hydrogens is 601 g/mol. The van der Waals surface area contributed by atoms with Gasteiger partial charge in [0, 0.05) is 37.1 Å². The number of benzene rings is 3. The Labute approximate surface area is 260 Å².